The maximum absolute atomic E-state index is 13.1. The monoisotopic (exact) mass is 509 g/mol. The number of fused-ring (bicyclic) bond motifs is 2. The summed E-state index contributed by atoms with van der Waals surface area (Å²) >= 11 is 0. The fourth-order valence-electron chi connectivity index (χ4n) is 4.55. The fourth-order valence-corrected chi connectivity index (χ4v) is 4.55. The summed E-state index contributed by atoms with van der Waals surface area (Å²) in [6.07, 6.45) is -3.77. The first-order valence-electron chi connectivity index (χ1n) is 12.0. The van der Waals surface area contributed by atoms with Gasteiger partial charge in [-0.05, 0) is 73.5 Å². The minimum atomic E-state index is -4.44. The van der Waals surface area contributed by atoms with Crippen molar-refractivity contribution in [2.24, 2.45) is 4.99 Å². The van der Waals surface area contributed by atoms with Crippen LogP contribution in [0.15, 0.2) is 65.7 Å². The van der Waals surface area contributed by atoms with E-state index in [9.17, 15) is 18.0 Å². The summed E-state index contributed by atoms with van der Waals surface area (Å²) in [6.45, 7) is 4.03. The number of ether oxygens (including phenoxy) is 2. The SMILES string of the molecule is COc1ccc2c(c1)C(N1CCCN(C(=O)c3ccc(C(F)(F)F)cc3)CC1)=Nc1ccc(C)cc1O2. The van der Waals surface area contributed by atoms with Gasteiger partial charge in [-0.2, -0.15) is 13.2 Å². The van der Waals surface area contributed by atoms with Crippen LogP contribution in [0.5, 0.6) is 17.2 Å². The van der Waals surface area contributed by atoms with E-state index >= 15 is 0 Å². The molecule has 0 aromatic heterocycles. The Balaban J connectivity index is 1.41. The van der Waals surface area contributed by atoms with Gasteiger partial charge < -0.3 is 19.3 Å². The zero-order chi connectivity index (χ0) is 26.2. The van der Waals surface area contributed by atoms with Crippen LogP contribution in [0.1, 0.15) is 33.5 Å². The first kappa shape index (κ1) is 24.7. The molecule has 1 saturated heterocycles. The third kappa shape index (κ3) is 5.12. The van der Waals surface area contributed by atoms with Gasteiger partial charge in [-0.3, -0.25) is 4.79 Å². The predicted octanol–water partition coefficient (Wildman–Crippen LogP) is 6.05. The first-order chi connectivity index (χ1) is 17.7. The normalized spacial score (nSPS) is 15.5. The molecule has 192 valence electrons. The third-order valence-electron chi connectivity index (χ3n) is 6.53. The number of alkyl halides is 3. The Labute approximate surface area is 212 Å². The number of benzene rings is 3. The summed E-state index contributed by atoms with van der Waals surface area (Å²) in [5.41, 5.74) is 2.01. The van der Waals surface area contributed by atoms with E-state index in [2.05, 4.69) is 4.90 Å². The summed E-state index contributed by atoms with van der Waals surface area (Å²) in [7, 11) is 1.60. The Hall–Kier alpha value is -4.01. The lowest BCUT2D eigenvalue weighted by molar-refractivity contribution is -0.137. The number of halogens is 3. The Morgan fingerprint density at radius 2 is 1.73 bits per heavy atom. The molecule has 3 aromatic rings. The van der Waals surface area contributed by atoms with Gasteiger partial charge in [0.15, 0.2) is 5.75 Å². The number of carbonyl (C=O) groups excluding carboxylic acids is 1. The predicted molar refractivity (Wildman–Crippen MR) is 134 cm³/mol. The number of nitrogens with zero attached hydrogens (tertiary/aromatic N) is 3. The topological polar surface area (TPSA) is 54.4 Å². The van der Waals surface area contributed by atoms with E-state index in [4.69, 9.17) is 14.5 Å². The van der Waals surface area contributed by atoms with Crippen molar-refractivity contribution in [1.29, 1.82) is 0 Å². The molecule has 0 bridgehead atoms. The number of rotatable bonds is 2. The Bertz CT molecular complexity index is 1350. The lowest BCUT2D eigenvalue weighted by Gasteiger charge is -2.25. The molecule has 0 radical (unpaired) electrons. The molecule has 3 aromatic carbocycles. The summed E-state index contributed by atoms with van der Waals surface area (Å²) in [5, 5.41) is 0. The number of aliphatic imine (C=N–C) groups is 1. The maximum atomic E-state index is 13.1. The highest BCUT2D eigenvalue weighted by atomic mass is 19.4. The van der Waals surface area contributed by atoms with Gasteiger partial charge in [0.2, 0.25) is 0 Å². The van der Waals surface area contributed by atoms with E-state index in [1.807, 2.05) is 43.3 Å². The Morgan fingerprint density at radius 1 is 0.946 bits per heavy atom. The number of hydrogen-bond donors (Lipinski definition) is 0. The van der Waals surface area contributed by atoms with Crippen LogP contribution in [0.4, 0.5) is 18.9 Å². The van der Waals surface area contributed by atoms with Crippen LogP contribution in [0, 0.1) is 6.92 Å². The molecule has 0 aliphatic carbocycles. The number of amidine groups is 1. The molecule has 2 heterocycles. The lowest BCUT2D eigenvalue weighted by Crippen LogP contribution is -2.37. The van der Waals surface area contributed by atoms with Gasteiger partial charge in [0.25, 0.3) is 5.91 Å². The second-order valence-corrected chi connectivity index (χ2v) is 9.08. The molecule has 0 saturated carbocycles. The van der Waals surface area contributed by atoms with Crippen molar-refractivity contribution < 1.29 is 27.4 Å². The molecule has 37 heavy (non-hydrogen) atoms. The van der Waals surface area contributed by atoms with E-state index < -0.39 is 11.7 Å². The average molecular weight is 510 g/mol. The molecule has 0 N–H and O–H groups in total. The number of aryl methyl sites for hydroxylation is 1. The molecule has 1 amide bonds. The molecule has 0 spiro atoms. The van der Waals surface area contributed by atoms with Crippen LogP contribution in [-0.4, -0.2) is 54.8 Å². The fraction of sp³-hybridized carbons (Fsp3) is 0.286. The van der Waals surface area contributed by atoms with Crippen molar-refractivity contribution in [2.45, 2.75) is 19.5 Å². The van der Waals surface area contributed by atoms with E-state index in [-0.39, 0.29) is 11.5 Å². The quantitative estimate of drug-likeness (QED) is 0.422. The number of methoxy groups -OCH3 is 1. The van der Waals surface area contributed by atoms with E-state index in [0.717, 1.165) is 29.1 Å². The van der Waals surface area contributed by atoms with Crippen molar-refractivity contribution in [3.63, 3.8) is 0 Å². The number of carbonyl (C=O) groups is 1. The summed E-state index contributed by atoms with van der Waals surface area (Å²) in [4.78, 5) is 21.9. The minimum Gasteiger partial charge on any atom is -0.497 e. The molecular weight excluding hydrogens is 483 g/mol. The van der Waals surface area contributed by atoms with E-state index in [0.29, 0.717) is 55.5 Å². The van der Waals surface area contributed by atoms with Crippen LogP contribution in [0.25, 0.3) is 0 Å². The second-order valence-electron chi connectivity index (χ2n) is 9.08. The first-order valence-corrected chi connectivity index (χ1v) is 12.0. The zero-order valence-electron chi connectivity index (χ0n) is 20.5. The van der Waals surface area contributed by atoms with Crippen molar-refractivity contribution in [2.75, 3.05) is 33.3 Å². The lowest BCUT2D eigenvalue weighted by atomic mass is 10.1. The van der Waals surface area contributed by atoms with Crippen molar-refractivity contribution in [3.05, 3.63) is 82.9 Å². The van der Waals surface area contributed by atoms with Crippen LogP contribution in [-0.2, 0) is 6.18 Å². The number of amides is 1. The number of hydrogen-bond acceptors (Lipinski definition) is 5. The van der Waals surface area contributed by atoms with Gasteiger partial charge >= 0.3 is 6.18 Å². The van der Waals surface area contributed by atoms with Crippen molar-refractivity contribution in [1.82, 2.24) is 9.80 Å². The van der Waals surface area contributed by atoms with E-state index in [1.54, 1.807) is 12.0 Å². The smallest absolute Gasteiger partial charge is 0.416 e. The average Bonchev–Trinajstić information content (AvgIpc) is 3.22. The van der Waals surface area contributed by atoms with Crippen molar-refractivity contribution >= 4 is 17.4 Å². The van der Waals surface area contributed by atoms with Gasteiger partial charge in [-0.15, -0.1) is 0 Å². The van der Waals surface area contributed by atoms with Gasteiger partial charge in [0.1, 0.15) is 23.0 Å². The second kappa shape index (κ2) is 9.80. The molecule has 0 unspecified atom stereocenters. The molecule has 9 heteroatoms. The Kier molecular flexibility index (Phi) is 6.54. The van der Waals surface area contributed by atoms with Crippen LogP contribution < -0.4 is 9.47 Å². The van der Waals surface area contributed by atoms with Gasteiger partial charge in [0.05, 0.1) is 18.2 Å². The zero-order valence-corrected chi connectivity index (χ0v) is 20.5. The Morgan fingerprint density at radius 3 is 2.46 bits per heavy atom. The van der Waals surface area contributed by atoms with Crippen LogP contribution in [0.2, 0.25) is 0 Å². The standard InChI is InChI=1S/C28H26F3N3O3/c1-18-4-10-23-25(16-18)37-24-11-9-21(36-2)17-22(24)26(32-23)33-12-3-13-34(15-14-33)27(35)19-5-7-20(8-6-19)28(29,30)31/h4-11,16-17H,3,12-15H2,1-2H3. The molecule has 6 nitrogen and oxygen atoms in total. The summed E-state index contributed by atoms with van der Waals surface area (Å²) < 4.78 is 50.4. The molecule has 2 aliphatic heterocycles. The van der Waals surface area contributed by atoms with E-state index in [1.165, 1.54) is 12.1 Å². The highest BCUT2D eigenvalue weighted by Crippen LogP contribution is 2.40. The van der Waals surface area contributed by atoms with Crippen LogP contribution >= 0.6 is 0 Å². The summed E-state index contributed by atoms with van der Waals surface area (Å²) in [6, 6.07) is 15.8. The van der Waals surface area contributed by atoms with Crippen molar-refractivity contribution in [3.8, 4) is 17.2 Å². The van der Waals surface area contributed by atoms with Gasteiger partial charge in [-0.1, -0.05) is 6.07 Å². The van der Waals surface area contributed by atoms with Gasteiger partial charge in [-0.25, -0.2) is 4.99 Å². The molecule has 2 aliphatic rings. The maximum Gasteiger partial charge on any atom is 0.416 e. The summed E-state index contributed by atoms with van der Waals surface area (Å²) in [5.74, 6) is 2.43. The molecule has 1 fully saturated rings. The highest BCUT2D eigenvalue weighted by Gasteiger charge is 2.31. The molecule has 5 rings (SSSR count). The minimum absolute atomic E-state index is 0.237. The highest BCUT2D eigenvalue weighted by molar-refractivity contribution is 6.04. The largest absolute Gasteiger partial charge is 0.497 e. The van der Waals surface area contributed by atoms with Gasteiger partial charge in [0, 0.05) is 31.7 Å². The van der Waals surface area contributed by atoms with Crippen LogP contribution in [0.3, 0.4) is 0 Å². The molecule has 0 atom stereocenters. The third-order valence-corrected chi connectivity index (χ3v) is 6.53. The molecular formula is C28H26F3N3O3.